The van der Waals surface area contributed by atoms with Crippen LogP contribution in [0.4, 0.5) is 0 Å². The maximum absolute atomic E-state index is 12.7. The monoisotopic (exact) mass is 323 g/mol. The van der Waals surface area contributed by atoms with E-state index in [9.17, 15) is 14.7 Å². The highest BCUT2D eigenvalue weighted by atomic mass is 32.1. The van der Waals surface area contributed by atoms with Crippen LogP contribution in [-0.4, -0.2) is 49.1 Å². The molecule has 1 aromatic rings. The summed E-state index contributed by atoms with van der Waals surface area (Å²) in [5, 5.41) is 9.23. The fourth-order valence-corrected chi connectivity index (χ4v) is 3.85. The van der Waals surface area contributed by atoms with E-state index in [4.69, 9.17) is 4.74 Å². The summed E-state index contributed by atoms with van der Waals surface area (Å²) in [6.45, 7) is 2.02. The second kappa shape index (κ2) is 7.07. The Balaban J connectivity index is 2.49. The number of carbonyl (C=O) groups is 2. The lowest BCUT2D eigenvalue weighted by Crippen LogP contribution is -2.18. The second-order valence-corrected chi connectivity index (χ2v) is 6.45. The van der Waals surface area contributed by atoms with E-state index in [0.717, 1.165) is 16.0 Å². The van der Waals surface area contributed by atoms with Crippen LogP contribution in [0.1, 0.15) is 43.8 Å². The molecule has 6 heteroatoms. The molecule has 22 heavy (non-hydrogen) atoms. The van der Waals surface area contributed by atoms with E-state index in [2.05, 4.69) is 0 Å². The SMILES string of the molecule is CCOC(=O)c1sc(CCO)c2c1CC/C(=C/N(C)C)C2=O. The first kappa shape index (κ1) is 16.7. The number of rotatable bonds is 5. The maximum atomic E-state index is 12.7. The van der Waals surface area contributed by atoms with Crippen molar-refractivity contribution in [3.63, 3.8) is 0 Å². The first-order valence-electron chi connectivity index (χ1n) is 7.33. The van der Waals surface area contributed by atoms with Crippen molar-refractivity contribution < 1.29 is 19.4 Å². The van der Waals surface area contributed by atoms with E-state index in [1.165, 1.54) is 11.3 Å². The molecule has 1 aliphatic rings. The fraction of sp³-hybridized carbons (Fsp3) is 0.500. The van der Waals surface area contributed by atoms with Gasteiger partial charge in [-0.1, -0.05) is 0 Å². The van der Waals surface area contributed by atoms with Gasteiger partial charge in [0.05, 0.1) is 6.61 Å². The minimum absolute atomic E-state index is 0.0369. The van der Waals surface area contributed by atoms with Crippen molar-refractivity contribution >= 4 is 23.1 Å². The molecule has 0 aromatic carbocycles. The maximum Gasteiger partial charge on any atom is 0.348 e. The largest absolute Gasteiger partial charge is 0.462 e. The summed E-state index contributed by atoms with van der Waals surface area (Å²) < 4.78 is 5.09. The molecule has 0 unspecified atom stereocenters. The lowest BCUT2D eigenvalue weighted by Gasteiger charge is -2.18. The number of allylic oxidation sites excluding steroid dienone is 1. The highest BCUT2D eigenvalue weighted by Crippen LogP contribution is 2.37. The van der Waals surface area contributed by atoms with Crippen molar-refractivity contribution in [3.8, 4) is 0 Å². The van der Waals surface area contributed by atoms with Crippen molar-refractivity contribution in [1.29, 1.82) is 0 Å². The molecule has 0 radical (unpaired) electrons. The van der Waals surface area contributed by atoms with Crippen molar-refractivity contribution in [1.82, 2.24) is 4.90 Å². The van der Waals surface area contributed by atoms with Gasteiger partial charge in [0.25, 0.3) is 0 Å². The van der Waals surface area contributed by atoms with E-state index >= 15 is 0 Å². The molecule has 0 amide bonds. The number of fused-ring (bicyclic) bond motifs is 1. The predicted molar refractivity (Wildman–Crippen MR) is 85.5 cm³/mol. The molecule has 1 aromatic heterocycles. The van der Waals surface area contributed by atoms with Crippen LogP contribution in [0.3, 0.4) is 0 Å². The van der Waals surface area contributed by atoms with Crippen molar-refractivity contribution in [3.05, 3.63) is 32.7 Å². The zero-order valence-electron chi connectivity index (χ0n) is 13.1. The van der Waals surface area contributed by atoms with E-state index in [1.54, 1.807) is 6.92 Å². The first-order chi connectivity index (χ1) is 10.5. The number of nitrogens with zero attached hydrogens (tertiary/aromatic N) is 1. The Morgan fingerprint density at radius 3 is 2.73 bits per heavy atom. The van der Waals surface area contributed by atoms with Gasteiger partial charge in [-0.25, -0.2) is 4.79 Å². The number of aliphatic hydroxyl groups excluding tert-OH is 1. The third kappa shape index (κ3) is 3.23. The molecule has 2 rings (SSSR count). The molecule has 0 fully saturated rings. The highest BCUT2D eigenvalue weighted by molar-refractivity contribution is 7.14. The van der Waals surface area contributed by atoms with Crippen molar-refractivity contribution in [2.75, 3.05) is 27.3 Å². The molecular weight excluding hydrogens is 302 g/mol. The molecule has 0 aliphatic heterocycles. The molecule has 0 saturated carbocycles. The Morgan fingerprint density at radius 1 is 1.41 bits per heavy atom. The lowest BCUT2D eigenvalue weighted by molar-refractivity contribution is 0.0531. The molecular formula is C16H21NO4S. The number of Topliss-reactive ketones (excluding diaryl/α,β-unsaturated/α-hetero) is 1. The average molecular weight is 323 g/mol. The predicted octanol–water partition coefficient (Wildman–Crippen LogP) is 2.03. The van der Waals surface area contributed by atoms with Gasteiger partial charge in [-0.05, 0) is 25.3 Å². The number of aliphatic hydroxyl groups is 1. The van der Waals surface area contributed by atoms with Crippen LogP contribution in [0.2, 0.25) is 0 Å². The van der Waals surface area contributed by atoms with E-state index in [-0.39, 0.29) is 18.4 Å². The molecule has 1 aliphatic carbocycles. The summed E-state index contributed by atoms with van der Waals surface area (Å²) in [6.07, 6.45) is 3.48. The van der Waals surface area contributed by atoms with Gasteiger partial charge in [0.15, 0.2) is 5.78 Å². The summed E-state index contributed by atoms with van der Waals surface area (Å²) in [7, 11) is 3.75. The van der Waals surface area contributed by atoms with Crippen LogP contribution < -0.4 is 0 Å². The number of ketones is 1. The molecule has 0 saturated heterocycles. The minimum Gasteiger partial charge on any atom is -0.462 e. The summed E-state index contributed by atoms with van der Waals surface area (Å²) in [5.41, 5.74) is 2.12. The van der Waals surface area contributed by atoms with E-state index < -0.39 is 0 Å². The minimum atomic E-state index is -0.374. The molecule has 0 spiro atoms. The van der Waals surface area contributed by atoms with Gasteiger partial charge in [-0.3, -0.25) is 4.79 Å². The third-order valence-corrected chi connectivity index (χ3v) is 4.73. The fourth-order valence-electron chi connectivity index (χ4n) is 2.63. The van der Waals surface area contributed by atoms with Gasteiger partial charge in [0.2, 0.25) is 0 Å². The Hall–Kier alpha value is -1.66. The molecule has 0 bridgehead atoms. The highest BCUT2D eigenvalue weighted by Gasteiger charge is 2.32. The Bertz CT molecular complexity index is 616. The van der Waals surface area contributed by atoms with Gasteiger partial charge in [0, 0.05) is 49.3 Å². The van der Waals surface area contributed by atoms with E-state index in [0.29, 0.717) is 36.3 Å². The normalized spacial score (nSPS) is 15.8. The number of hydrogen-bond donors (Lipinski definition) is 1. The van der Waals surface area contributed by atoms with Crippen molar-refractivity contribution in [2.24, 2.45) is 0 Å². The third-order valence-electron chi connectivity index (χ3n) is 3.46. The average Bonchev–Trinajstić information content (AvgIpc) is 2.82. The van der Waals surface area contributed by atoms with E-state index in [1.807, 2.05) is 25.2 Å². The number of esters is 1. The van der Waals surface area contributed by atoms with Crippen molar-refractivity contribution in [2.45, 2.75) is 26.2 Å². The zero-order valence-corrected chi connectivity index (χ0v) is 14.0. The van der Waals surface area contributed by atoms with Crippen LogP contribution in [0, 0.1) is 0 Å². The number of carbonyl (C=O) groups excluding carboxylic acids is 2. The summed E-state index contributed by atoms with van der Waals surface area (Å²) in [5.74, 6) is -0.411. The lowest BCUT2D eigenvalue weighted by atomic mass is 9.87. The van der Waals surface area contributed by atoms with Gasteiger partial charge in [0.1, 0.15) is 4.88 Å². The van der Waals surface area contributed by atoms with Crippen LogP contribution in [0.25, 0.3) is 0 Å². The quantitative estimate of drug-likeness (QED) is 0.663. The number of hydrogen-bond acceptors (Lipinski definition) is 6. The Kier molecular flexibility index (Phi) is 5.37. The number of ether oxygens (including phenoxy) is 1. The van der Waals surface area contributed by atoms with Gasteiger partial charge < -0.3 is 14.7 Å². The van der Waals surface area contributed by atoms with Crippen LogP contribution in [-0.2, 0) is 17.6 Å². The topological polar surface area (TPSA) is 66.8 Å². The van der Waals surface area contributed by atoms with Crippen LogP contribution >= 0.6 is 11.3 Å². The molecule has 1 N–H and O–H groups in total. The zero-order chi connectivity index (χ0) is 16.3. The Morgan fingerprint density at radius 2 is 2.14 bits per heavy atom. The second-order valence-electron chi connectivity index (χ2n) is 5.35. The molecule has 120 valence electrons. The number of thiophene rings is 1. The smallest absolute Gasteiger partial charge is 0.348 e. The summed E-state index contributed by atoms with van der Waals surface area (Å²) in [6, 6.07) is 0. The summed E-state index contributed by atoms with van der Waals surface area (Å²) >= 11 is 1.28. The first-order valence-corrected chi connectivity index (χ1v) is 8.15. The van der Waals surface area contributed by atoms with Crippen LogP contribution in [0.5, 0.6) is 0 Å². The van der Waals surface area contributed by atoms with Gasteiger partial charge in [-0.2, -0.15) is 0 Å². The van der Waals surface area contributed by atoms with Crippen LogP contribution in [0.15, 0.2) is 11.8 Å². The Labute approximate surface area is 134 Å². The van der Waals surface area contributed by atoms with Gasteiger partial charge >= 0.3 is 5.97 Å². The summed E-state index contributed by atoms with van der Waals surface area (Å²) in [4.78, 5) is 27.9. The molecule has 1 heterocycles. The van der Waals surface area contributed by atoms with Gasteiger partial charge in [-0.15, -0.1) is 11.3 Å². The molecule has 0 atom stereocenters. The molecule has 5 nitrogen and oxygen atoms in total. The standard InChI is InChI=1S/C16H21NO4S/c1-4-21-16(20)15-11-6-5-10(9-17(2)3)14(19)13(11)12(22-15)7-8-18/h9,18H,4-8H2,1-3H3/b10-9-.